The Balaban J connectivity index is 1.56. The van der Waals surface area contributed by atoms with Crippen molar-refractivity contribution in [3.8, 4) is 17.1 Å². The van der Waals surface area contributed by atoms with E-state index in [-0.39, 0.29) is 5.43 Å². The van der Waals surface area contributed by atoms with Crippen LogP contribution in [0.4, 0.5) is 0 Å². The molecule has 142 valence electrons. The summed E-state index contributed by atoms with van der Waals surface area (Å²) in [7, 11) is 1.63. The van der Waals surface area contributed by atoms with Crippen molar-refractivity contribution in [1.29, 1.82) is 0 Å². The molecular formula is C21H20N4O2S. The van der Waals surface area contributed by atoms with Crippen molar-refractivity contribution in [1.82, 2.24) is 20.2 Å². The van der Waals surface area contributed by atoms with Gasteiger partial charge in [0.2, 0.25) is 5.16 Å². The van der Waals surface area contributed by atoms with Crippen LogP contribution in [0.5, 0.6) is 5.75 Å². The molecule has 2 heterocycles. The zero-order valence-electron chi connectivity index (χ0n) is 15.9. The zero-order chi connectivity index (χ0) is 19.7. The van der Waals surface area contributed by atoms with Gasteiger partial charge in [-0.05, 0) is 37.1 Å². The molecular weight excluding hydrogens is 372 g/mol. The molecule has 4 rings (SSSR count). The molecule has 0 aliphatic rings. The minimum Gasteiger partial charge on any atom is -0.497 e. The molecule has 2 aromatic carbocycles. The largest absolute Gasteiger partial charge is 0.497 e. The number of aromatic nitrogens is 4. The molecule has 28 heavy (non-hydrogen) atoms. The summed E-state index contributed by atoms with van der Waals surface area (Å²) in [5, 5.41) is 8.61. The van der Waals surface area contributed by atoms with Gasteiger partial charge in [-0.3, -0.25) is 9.89 Å². The van der Waals surface area contributed by atoms with Crippen molar-refractivity contribution in [2.24, 2.45) is 0 Å². The minimum absolute atomic E-state index is 0.0395. The predicted octanol–water partition coefficient (Wildman–Crippen LogP) is 4.23. The SMILES string of the molecule is COc1cccc(-c2nc(SCc3cc(=O)c4c(C)ccc(C)c4[nH]3)n[nH]2)c1. The van der Waals surface area contributed by atoms with Gasteiger partial charge in [-0.1, -0.05) is 36.0 Å². The molecule has 0 amide bonds. The minimum atomic E-state index is 0.0395. The zero-order valence-corrected chi connectivity index (χ0v) is 16.7. The summed E-state index contributed by atoms with van der Waals surface area (Å²) >= 11 is 1.47. The number of hydrogen-bond acceptors (Lipinski definition) is 5. The highest BCUT2D eigenvalue weighted by Crippen LogP contribution is 2.25. The van der Waals surface area contributed by atoms with E-state index in [0.29, 0.717) is 16.7 Å². The first-order chi connectivity index (χ1) is 13.5. The van der Waals surface area contributed by atoms with Crippen LogP contribution >= 0.6 is 11.8 Å². The number of aryl methyl sites for hydroxylation is 2. The molecule has 6 nitrogen and oxygen atoms in total. The topological polar surface area (TPSA) is 83.7 Å². The Labute approximate surface area is 166 Å². The van der Waals surface area contributed by atoms with Crippen LogP contribution in [0.25, 0.3) is 22.3 Å². The second-order valence-electron chi connectivity index (χ2n) is 6.60. The number of methoxy groups -OCH3 is 1. The van der Waals surface area contributed by atoms with E-state index in [9.17, 15) is 4.79 Å². The van der Waals surface area contributed by atoms with E-state index in [1.165, 1.54) is 11.8 Å². The number of nitrogens with zero attached hydrogens (tertiary/aromatic N) is 2. The number of fused-ring (bicyclic) bond motifs is 1. The van der Waals surface area contributed by atoms with E-state index in [0.717, 1.165) is 39.0 Å². The second-order valence-corrected chi connectivity index (χ2v) is 7.54. The first-order valence-electron chi connectivity index (χ1n) is 8.87. The molecule has 0 atom stereocenters. The van der Waals surface area contributed by atoms with Crippen molar-refractivity contribution < 1.29 is 4.74 Å². The van der Waals surface area contributed by atoms with Crippen LogP contribution in [-0.2, 0) is 5.75 Å². The van der Waals surface area contributed by atoms with Crippen LogP contribution < -0.4 is 10.2 Å². The van der Waals surface area contributed by atoms with Gasteiger partial charge in [-0.25, -0.2) is 4.98 Å². The summed E-state index contributed by atoms with van der Waals surface area (Å²) in [4.78, 5) is 20.5. The van der Waals surface area contributed by atoms with Crippen LogP contribution in [0.2, 0.25) is 0 Å². The molecule has 0 fully saturated rings. The summed E-state index contributed by atoms with van der Waals surface area (Å²) in [5.74, 6) is 2.02. The molecule has 0 bridgehead atoms. The van der Waals surface area contributed by atoms with Crippen molar-refractivity contribution >= 4 is 22.7 Å². The second kappa shape index (κ2) is 7.52. The Morgan fingerprint density at radius 1 is 1.11 bits per heavy atom. The molecule has 0 saturated heterocycles. The lowest BCUT2D eigenvalue weighted by molar-refractivity contribution is 0.415. The van der Waals surface area contributed by atoms with Crippen LogP contribution in [0, 0.1) is 13.8 Å². The molecule has 0 spiro atoms. The highest BCUT2D eigenvalue weighted by Gasteiger charge is 2.10. The third-order valence-corrected chi connectivity index (χ3v) is 5.52. The van der Waals surface area contributed by atoms with Crippen molar-refractivity contribution in [3.05, 3.63) is 69.5 Å². The number of thioether (sulfide) groups is 1. The van der Waals surface area contributed by atoms with Gasteiger partial charge in [-0.2, -0.15) is 0 Å². The third kappa shape index (κ3) is 3.53. The van der Waals surface area contributed by atoms with E-state index in [1.807, 2.05) is 50.2 Å². The summed E-state index contributed by atoms with van der Waals surface area (Å²) in [6.07, 6.45) is 0. The Morgan fingerprint density at radius 2 is 1.93 bits per heavy atom. The smallest absolute Gasteiger partial charge is 0.209 e. The molecule has 2 N–H and O–H groups in total. The summed E-state index contributed by atoms with van der Waals surface area (Å²) in [6, 6.07) is 13.3. The average Bonchev–Trinajstić information content (AvgIpc) is 3.18. The number of ether oxygens (including phenoxy) is 1. The van der Waals surface area contributed by atoms with Crippen molar-refractivity contribution in [2.45, 2.75) is 24.8 Å². The number of nitrogens with one attached hydrogen (secondary N) is 2. The number of rotatable bonds is 5. The lowest BCUT2D eigenvalue weighted by Crippen LogP contribution is -2.07. The molecule has 2 aromatic heterocycles. The Kier molecular flexibility index (Phi) is 4.92. The Morgan fingerprint density at radius 3 is 2.75 bits per heavy atom. The van der Waals surface area contributed by atoms with E-state index in [1.54, 1.807) is 13.2 Å². The summed E-state index contributed by atoms with van der Waals surface area (Å²) < 4.78 is 5.25. The van der Waals surface area contributed by atoms with Gasteiger partial charge in [-0.15, -0.1) is 5.10 Å². The fourth-order valence-electron chi connectivity index (χ4n) is 3.15. The van der Waals surface area contributed by atoms with Crippen LogP contribution in [0.3, 0.4) is 0 Å². The molecule has 7 heteroatoms. The van der Waals surface area contributed by atoms with E-state index in [2.05, 4.69) is 20.2 Å². The molecule has 0 aliphatic heterocycles. The maximum absolute atomic E-state index is 12.6. The number of H-pyrrole nitrogens is 2. The van der Waals surface area contributed by atoms with Gasteiger partial charge in [0.1, 0.15) is 5.75 Å². The van der Waals surface area contributed by atoms with E-state index in [4.69, 9.17) is 4.74 Å². The number of benzene rings is 2. The highest BCUT2D eigenvalue weighted by atomic mass is 32.2. The molecule has 0 unspecified atom stereocenters. The van der Waals surface area contributed by atoms with Crippen molar-refractivity contribution in [2.75, 3.05) is 7.11 Å². The maximum Gasteiger partial charge on any atom is 0.209 e. The lowest BCUT2D eigenvalue weighted by atomic mass is 10.0. The van der Waals surface area contributed by atoms with Crippen LogP contribution in [0.15, 0.2) is 52.4 Å². The van der Waals surface area contributed by atoms with E-state index < -0.39 is 0 Å². The monoisotopic (exact) mass is 392 g/mol. The highest BCUT2D eigenvalue weighted by molar-refractivity contribution is 7.98. The molecule has 0 saturated carbocycles. The average molecular weight is 392 g/mol. The first kappa shape index (κ1) is 18.3. The third-order valence-electron chi connectivity index (χ3n) is 4.62. The van der Waals surface area contributed by atoms with Crippen LogP contribution in [-0.4, -0.2) is 27.3 Å². The number of pyridine rings is 1. The fourth-order valence-corrected chi connectivity index (χ4v) is 3.85. The van der Waals surface area contributed by atoms with Crippen LogP contribution in [0.1, 0.15) is 16.8 Å². The molecule has 0 aliphatic carbocycles. The van der Waals surface area contributed by atoms with E-state index >= 15 is 0 Å². The number of aromatic amines is 2. The summed E-state index contributed by atoms with van der Waals surface area (Å²) in [6.45, 7) is 3.96. The van der Waals surface area contributed by atoms with Gasteiger partial charge in [0.25, 0.3) is 0 Å². The normalized spacial score (nSPS) is 11.1. The maximum atomic E-state index is 12.6. The van der Waals surface area contributed by atoms with Gasteiger partial charge in [0.15, 0.2) is 11.3 Å². The molecule has 4 aromatic rings. The number of hydrogen-bond donors (Lipinski definition) is 2. The van der Waals surface area contributed by atoms with Gasteiger partial charge in [0, 0.05) is 28.5 Å². The summed E-state index contributed by atoms with van der Waals surface area (Å²) in [5.41, 5.74) is 4.74. The first-order valence-corrected chi connectivity index (χ1v) is 9.85. The van der Waals surface area contributed by atoms with Crippen molar-refractivity contribution in [3.63, 3.8) is 0 Å². The Hall–Kier alpha value is -3.06. The molecule has 0 radical (unpaired) electrons. The quantitative estimate of drug-likeness (QED) is 0.497. The lowest BCUT2D eigenvalue weighted by Gasteiger charge is -2.08. The predicted molar refractivity (Wildman–Crippen MR) is 112 cm³/mol. The Bertz CT molecular complexity index is 1210. The standard InChI is InChI=1S/C21H20N4O2S/c1-12-7-8-13(2)19-18(12)17(26)10-15(22-19)11-28-21-23-20(24-25-21)14-5-4-6-16(9-14)27-3/h4-10H,11H2,1-3H3,(H,22,26)(H,23,24,25). The van der Waals surface area contributed by atoms with Gasteiger partial charge >= 0.3 is 0 Å². The van der Waals surface area contributed by atoms with Gasteiger partial charge < -0.3 is 9.72 Å². The van der Waals surface area contributed by atoms with Gasteiger partial charge in [0.05, 0.1) is 12.6 Å². The fraction of sp³-hybridized carbons (Fsp3) is 0.190.